The quantitative estimate of drug-likeness (QED) is 0.331. The second-order valence-corrected chi connectivity index (χ2v) is 7.82. The molecule has 4 rings (SSSR count). The lowest BCUT2D eigenvalue weighted by Crippen LogP contribution is -2.31. The zero-order valence-electron chi connectivity index (χ0n) is 16.9. The molecule has 158 valence electrons. The predicted octanol–water partition coefficient (Wildman–Crippen LogP) is 1.39. The van der Waals surface area contributed by atoms with Crippen LogP contribution in [0, 0.1) is 6.92 Å². The van der Waals surface area contributed by atoms with E-state index in [4.69, 9.17) is 10.3 Å². The molecule has 4 aromatic heterocycles. The molecule has 0 atom stereocenters. The van der Waals surface area contributed by atoms with Crippen LogP contribution in [0.5, 0.6) is 0 Å². The highest BCUT2D eigenvalue weighted by Crippen LogP contribution is 2.27. The Bertz CT molecular complexity index is 1330. The van der Waals surface area contributed by atoms with Crippen molar-refractivity contribution in [3.05, 3.63) is 44.8 Å². The number of hydrogen-bond donors (Lipinski definition) is 2. The van der Waals surface area contributed by atoms with E-state index in [2.05, 4.69) is 20.2 Å². The van der Waals surface area contributed by atoms with Gasteiger partial charge >= 0.3 is 5.69 Å². The number of aromatic nitrogens is 7. The van der Waals surface area contributed by atoms with Gasteiger partial charge in [-0.05, 0) is 19.4 Å². The van der Waals surface area contributed by atoms with Crippen molar-refractivity contribution in [2.45, 2.75) is 44.1 Å². The van der Waals surface area contributed by atoms with E-state index in [1.165, 1.54) is 21.0 Å². The van der Waals surface area contributed by atoms with E-state index in [0.29, 0.717) is 46.0 Å². The molecule has 11 nitrogen and oxygen atoms in total. The Labute approximate surface area is 174 Å². The molecule has 4 aromatic rings. The summed E-state index contributed by atoms with van der Waals surface area (Å²) in [6, 6.07) is 1.78. The third-order valence-corrected chi connectivity index (χ3v) is 5.87. The van der Waals surface area contributed by atoms with Gasteiger partial charge in [-0.2, -0.15) is 0 Å². The van der Waals surface area contributed by atoms with Gasteiger partial charge in [-0.15, -0.1) is 10.2 Å². The number of fused-ring (bicyclic) bond motifs is 1. The molecule has 0 saturated carbocycles. The Balaban J connectivity index is 1.66. The van der Waals surface area contributed by atoms with Gasteiger partial charge in [-0.3, -0.25) is 14.3 Å². The summed E-state index contributed by atoms with van der Waals surface area (Å²) in [4.78, 5) is 31.6. The molecule has 0 aromatic carbocycles. The van der Waals surface area contributed by atoms with E-state index in [9.17, 15) is 9.59 Å². The van der Waals surface area contributed by atoms with Gasteiger partial charge < -0.3 is 14.8 Å². The first kappa shape index (κ1) is 20.0. The molecule has 0 unspecified atom stereocenters. The average molecular weight is 430 g/mol. The summed E-state index contributed by atoms with van der Waals surface area (Å²) in [6.07, 6.45) is 3.31. The third-order valence-electron chi connectivity index (χ3n) is 4.94. The van der Waals surface area contributed by atoms with Gasteiger partial charge in [0.2, 0.25) is 5.16 Å². The van der Waals surface area contributed by atoms with Gasteiger partial charge in [0.25, 0.3) is 5.56 Å². The highest BCUT2D eigenvalue weighted by atomic mass is 32.2. The Morgan fingerprint density at radius 3 is 2.80 bits per heavy atom. The number of hydrogen-bond acceptors (Lipinski definition) is 8. The molecule has 4 heterocycles. The lowest BCUT2D eigenvalue weighted by molar-refractivity contribution is 0.535. The van der Waals surface area contributed by atoms with Crippen LogP contribution >= 0.6 is 11.8 Å². The molecular weight excluding hydrogens is 408 g/mol. The van der Waals surface area contributed by atoms with Crippen molar-refractivity contribution in [1.29, 1.82) is 0 Å². The van der Waals surface area contributed by atoms with Crippen LogP contribution in [-0.2, 0) is 19.3 Å². The molecule has 0 fully saturated rings. The van der Waals surface area contributed by atoms with E-state index < -0.39 is 11.2 Å². The fourth-order valence-electron chi connectivity index (χ4n) is 3.25. The standard InChI is InChI=1S/C18H22N8O3S/c1-4-5-7-25-15-13(16(27)21-17(25)28)24(3)12(20-15)9-30-18-23-22-14(26(18)19)11-6-8-29-10(11)2/h6,8H,4-5,7,9,19H2,1-3H3,(H,21,27,28). The summed E-state index contributed by atoms with van der Waals surface area (Å²) in [5, 5.41) is 8.80. The maximum Gasteiger partial charge on any atom is 0.330 e. The van der Waals surface area contributed by atoms with Crippen molar-refractivity contribution in [2.75, 3.05) is 5.84 Å². The van der Waals surface area contributed by atoms with Crippen LogP contribution in [0.25, 0.3) is 22.6 Å². The minimum Gasteiger partial charge on any atom is -0.469 e. The molecule has 0 aliphatic heterocycles. The van der Waals surface area contributed by atoms with Gasteiger partial charge in [0, 0.05) is 13.6 Å². The topological polar surface area (TPSA) is 143 Å². The fraction of sp³-hybridized carbons (Fsp3) is 0.389. The van der Waals surface area contributed by atoms with Gasteiger partial charge in [-0.25, -0.2) is 14.5 Å². The van der Waals surface area contributed by atoms with E-state index in [1.807, 2.05) is 13.8 Å². The molecule has 0 aliphatic rings. The molecule has 0 spiro atoms. The molecule has 0 amide bonds. The predicted molar refractivity (Wildman–Crippen MR) is 113 cm³/mol. The number of aryl methyl sites for hydroxylation is 3. The highest BCUT2D eigenvalue weighted by molar-refractivity contribution is 7.98. The van der Waals surface area contributed by atoms with Crippen LogP contribution in [0.2, 0.25) is 0 Å². The van der Waals surface area contributed by atoms with Crippen LogP contribution in [0.15, 0.2) is 31.5 Å². The van der Waals surface area contributed by atoms with Crippen LogP contribution in [-0.4, -0.2) is 34.0 Å². The van der Waals surface area contributed by atoms with Gasteiger partial charge in [0.15, 0.2) is 17.0 Å². The summed E-state index contributed by atoms with van der Waals surface area (Å²) < 4.78 is 9.91. The largest absolute Gasteiger partial charge is 0.469 e. The summed E-state index contributed by atoms with van der Waals surface area (Å²) in [7, 11) is 1.75. The summed E-state index contributed by atoms with van der Waals surface area (Å²) in [5.41, 5.74) is 0.629. The fourth-order valence-corrected chi connectivity index (χ4v) is 4.09. The maximum atomic E-state index is 12.4. The third kappa shape index (κ3) is 3.32. The molecule has 30 heavy (non-hydrogen) atoms. The zero-order chi connectivity index (χ0) is 21.4. The average Bonchev–Trinajstić information content (AvgIpc) is 3.38. The van der Waals surface area contributed by atoms with Gasteiger partial charge in [0.1, 0.15) is 11.6 Å². The number of imidazole rings is 1. The van der Waals surface area contributed by atoms with E-state index in [1.54, 1.807) is 23.9 Å². The summed E-state index contributed by atoms with van der Waals surface area (Å²) >= 11 is 1.34. The first-order valence-electron chi connectivity index (χ1n) is 9.48. The number of aromatic amines is 1. The summed E-state index contributed by atoms with van der Waals surface area (Å²) in [5.74, 6) is 8.38. The van der Waals surface area contributed by atoms with Crippen molar-refractivity contribution < 1.29 is 4.42 Å². The first-order chi connectivity index (χ1) is 14.4. The summed E-state index contributed by atoms with van der Waals surface area (Å²) in [6.45, 7) is 4.36. The highest BCUT2D eigenvalue weighted by Gasteiger charge is 2.19. The number of nitrogens with one attached hydrogen (secondary N) is 1. The molecule has 0 aliphatic carbocycles. The zero-order valence-corrected chi connectivity index (χ0v) is 17.7. The molecule has 0 bridgehead atoms. The molecular formula is C18H22N8O3S. The lowest BCUT2D eigenvalue weighted by Gasteiger charge is -2.04. The Morgan fingerprint density at radius 2 is 2.10 bits per heavy atom. The number of rotatable bonds is 7. The number of H-pyrrole nitrogens is 1. The van der Waals surface area contributed by atoms with Crippen molar-refractivity contribution >= 4 is 22.9 Å². The van der Waals surface area contributed by atoms with Crippen LogP contribution in [0.4, 0.5) is 0 Å². The van der Waals surface area contributed by atoms with Crippen molar-refractivity contribution in [3.63, 3.8) is 0 Å². The van der Waals surface area contributed by atoms with Crippen LogP contribution in [0.3, 0.4) is 0 Å². The van der Waals surface area contributed by atoms with Gasteiger partial charge in [0.05, 0.1) is 17.6 Å². The lowest BCUT2D eigenvalue weighted by atomic mass is 10.2. The number of nitrogens with two attached hydrogens (primary N) is 1. The Hall–Kier alpha value is -3.28. The normalized spacial score (nSPS) is 11.6. The van der Waals surface area contributed by atoms with E-state index >= 15 is 0 Å². The maximum absolute atomic E-state index is 12.4. The van der Waals surface area contributed by atoms with Crippen LogP contribution < -0.4 is 17.1 Å². The number of unbranched alkanes of at least 4 members (excludes halogenated alkanes) is 1. The van der Waals surface area contributed by atoms with Crippen LogP contribution in [0.1, 0.15) is 31.4 Å². The Morgan fingerprint density at radius 1 is 1.30 bits per heavy atom. The van der Waals surface area contributed by atoms with Crippen molar-refractivity contribution in [3.8, 4) is 11.4 Å². The number of nitrogens with zero attached hydrogens (tertiary/aromatic N) is 6. The van der Waals surface area contributed by atoms with Gasteiger partial charge in [-0.1, -0.05) is 25.1 Å². The van der Waals surface area contributed by atoms with Crippen molar-refractivity contribution in [2.24, 2.45) is 7.05 Å². The number of thioether (sulfide) groups is 1. The van der Waals surface area contributed by atoms with Crippen molar-refractivity contribution in [1.82, 2.24) is 34.0 Å². The van der Waals surface area contributed by atoms with E-state index in [0.717, 1.165) is 18.4 Å². The number of furan rings is 1. The molecule has 3 N–H and O–H groups in total. The monoisotopic (exact) mass is 430 g/mol. The van der Waals surface area contributed by atoms with E-state index in [-0.39, 0.29) is 0 Å². The smallest absolute Gasteiger partial charge is 0.330 e. The number of nitrogen functional groups attached to an aromatic ring is 1. The molecule has 0 radical (unpaired) electrons. The molecule has 0 saturated heterocycles. The first-order valence-corrected chi connectivity index (χ1v) is 10.5. The SMILES string of the molecule is CCCCn1c(=O)[nH]c(=O)c2c1nc(CSc1nnc(-c3ccoc3C)n1N)n2C. The second-order valence-electron chi connectivity index (χ2n) is 6.88. The molecule has 12 heteroatoms. The minimum atomic E-state index is -0.450. The minimum absolute atomic E-state index is 0.366. The second kappa shape index (κ2) is 7.86. The Kier molecular flexibility index (Phi) is 5.24.